The SMILES string of the molecule is COc1c(-c2cnn([C@H]3CC[C@@]34COCCO4)c2)cccc1-c1nn(C)c2cnc(NC(=O)C3CC3)cc12. The van der Waals surface area contributed by atoms with E-state index in [9.17, 15) is 4.79 Å². The van der Waals surface area contributed by atoms with Crippen LogP contribution in [0.5, 0.6) is 5.75 Å². The van der Waals surface area contributed by atoms with Crippen LogP contribution in [0, 0.1) is 5.92 Å². The van der Waals surface area contributed by atoms with Crippen molar-refractivity contribution in [3.8, 4) is 28.1 Å². The molecule has 10 nitrogen and oxygen atoms in total. The molecule has 10 heteroatoms. The molecule has 2 saturated carbocycles. The van der Waals surface area contributed by atoms with E-state index in [4.69, 9.17) is 24.4 Å². The summed E-state index contributed by atoms with van der Waals surface area (Å²) in [6.45, 7) is 1.88. The van der Waals surface area contributed by atoms with E-state index < -0.39 is 0 Å². The lowest BCUT2D eigenvalue weighted by molar-refractivity contribution is -0.219. The van der Waals surface area contributed by atoms with E-state index in [1.807, 2.05) is 42.2 Å². The molecule has 1 saturated heterocycles. The number of nitrogens with zero attached hydrogens (tertiary/aromatic N) is 5. The number of hydrogen-bond donors (Lipinski definition) is 1. The highest BCUT2D eigenvalue weighted by atomic mass is 16.6. The van der Waals surface area contributed by atoms with Gasteiger partial charge in [-0.05, 0) is 37.8 Å². The Morgan fingerprint density at radius 3 is 2.79 bits per heavy atom. The van der Waals surface area contributed by atoms with Crippen molar-refractivity contribution in [1.29, 1.82) is 0 Å². The van der Waals surface area contributed by atoms with Gasteiger partial charge in [0.1, 0.15) is 22.9 Å². The summed E-state index contributed by atoms with van der Waals surface area (Å²) in [5.74, 6) is 1.37. The Balaban J connectivity index is 1.25. The lowest BCUT2D eigenvalue weighted by Gasteiger charge is -2.50. The van der Waals surface area contributed by atoms with Crippen molar-refractivity contribution in [1.82, 2.24) is 24.5 Å². The van der Waals surface area contributed by atoms with Gasteiger partial charge in [0, 0.05) is 41.2 Å². The number of benzene rings is 1. The normalized spacial score (nSPS) is 22.9. The first-order chi connectivity index (χ1) is 18.6. The number of amides is 1. The predicted octanol–water partition coefficient (Wildman–Crippen LogP) is 3.98. The van der Waals surface area contributed by atoms with Gasteiger partial charge in [0.25, 0.3) is 0 Å². The van der Waals surface area contributed by atoms with Crippen molar-refractivity contribution in [3.05, 3.63) is 42.9 Å². The van der Waals surface area contributed by atoms with Gasteiger partial charge in [-0.3, -0.25) is 14.2 Å². The van der Waals surface area contributed by atoms with Crippen LogP contribution in [0.25, 0.3) is 33.3 Å². The number of aryl methyl sites for hydroxylation is 1. The molecule has 3 fully saturated rings. The van der Waals surface area contributed by atoms with Gasteiger partial charge in [0.15, 0.2) is 0 Å². The molecule has 4 aromatic rings. The molecule has 1 spiro atoms. The van der Waals surface area contributed by atoms with Crippen LogP contribution in [0.1, 0.15) is 31.7 Å². The van der Waals surface area contributed by atoms with E-state index in [0.29, 0.717) is 31.4 Å². The fraction of sp³-hybridized carbons (Fsp3) is 0.429. The van der Waals surface area contributed by atoms with Crippen LogP contribution in [0.4, 0.5) is 5.82 Å². The molecule has 0 unspecified atom stereocenters. The van der Waals surface area contributed by atoms with Crippen LogP contribution in [0.3, 0.4) is 0 Å². The molecule has 1 aromatic carbocycles. The smallest absolute Gasteiger partial charge is 0.228 e. The molecule has 2 atom stereocenters. The number of rotatable bonds is 6. The number of carbonyl (C=O) groups is 1. The zero-order valence-electron chi connectivity index (χ0n) is 21.5. The fourth-order valence-electron chi connectivity index (χ4n) is 5.71. The third-order valence-corrected chi connectivity index (χ3v) is 8.05. The number of methoxy groups -OCH3 is 1. The number of ether oxygens (including phenoxy) is 3. The Morgan fingerprint density at radius 2 is 2.05 bits per heavy atom. The minimum atomic E-state index is -0.277. The van der Waals surface area contributed by atoms with Gasteiger partial charge in [0.05, 0.1) is 50.9 Å². The van der Waals surface area contributed by atoms with E-state index in [0.717, 1.165) is 59.0 Å². The van der Waals surface area contributed by atoms with Crippen molar-refractivity contribution in [3.63, 3.8) is 0 Å². The minimum Gasteiger partial charge on any atom is -0.495 e. The van der Waals surface area contributed by atoms with Gasteiger partial charge < -0.3 is 19.5 Å². The van der Waals surface area contributed by atoms with Gasteiger partial charge in [0.2, 0.25) is 5.91 Å². The third-order valence-electron chi connectivity index (χ3n) is 8.05. The molecular weight excluding hydrogens is 484 g/mol. The summed E-state index contributed by atoms with van der Waals surface area (Å²) in [7, 11) is 3.57. The predicted molar refractivity (Wildman–Crippen MR) is 141 cm³/mol. The highest BCUT2D eigenvalue weighted by molar-refractivity contribution is 6.00. The minimum absolute atomic E-state index is 0.0253. The molecular formula is C28H30N6O4. The van der Waals surface area contributed by atoms with E-state index in [-0.39, 0.29) is 23.5 Å². The quantitative estimate of drug-likeness (QED) is 0.415. The monoisotopic (exact) mass is 514 g/mol. The lowest BCUT2D eigenvalue weighted by atomic mass is 9.74. The highest BCUT2D eigenvalue weighted by Gasteiger charge is 2.51. The number of carbonyl (C=O) groups excluding carboxylic acids is 1. The van der Waals surface area contributed by atoms with Gasteiger partial charge in [-0.25, -0.2) is 4.98 Å². The Kier molecular flexibility index (Phi) is 5.48. The first-order valence-electron chi connectivity index (χ1n) is 13.1. The number of aromatic nitrogens is 5. The van der Waals surface area contributed by atoms with Crippen LogP contribution in [-0.2, 0) is 21.3 Å². The summed E-state index contributed by atoms with van der Waals surface area (Å²) in [5.41, 5.74) is 4.11. The molecule has 4 heterocycles. The van der Waals surface area contributed by atoms with E-state index in [1.165, 1.54) is 0 Å². The van der Waals surface area contributed by atoms with Gasteiger partial charge in [-0.2, -0.15) is 10.2 Å². The Labute approximate surface area is 219 Å². The molecule has 3 aliphatic rings. The molecule has 3 aromatic heterocycles. The molecule has 1 aliphatic heterocycles. The maximum Gasteiger partial charge on any atom is 0.228 e. The number of anilines is 1. The van der Waals surface area contributed by atoms with Crippen LogP contribution in [0.15, 0.2) is 42.9 Å². The van der Waals surface area contributed by atoms with Crippen molar-refractivity contribution in [2.45, 2.75) is 37.3 Å². The molecule has 0 radical (unpaired) electrons. The van der Waals surface area contributed by atoms with Crippen molar-refractivity contribution >= 4 is 22.6 Å². The second kappa shape index (κ2) is 8.92. The van der Waals surface area contributed by atoms with Gasteiger partial charge in [-0.1, -0.05) is 12.1 Å². The van der Waals surface area contributed by atoms with E-state index in [2.05, 4.69) is 16.5 Å². The maximum absolute atomic E-state index is 12.3. The van der Waals surface area contributed by atoms with E-state index >= 15 is 0 Å². The molecule has 7 rings (SSSR count). The maximum atomic E-state index is 12.3. The van der Waals surface area contributed by atoms with Crippen molar-refractivity contribution < 1.29 is 19.0 Å². The van der Waals surface area contributed by atoms with Crippen LogP contribution in [-0.4, -0.2) is 63.0 Å². The summed E-state index contributed by atoms with van der Waals surface area (Å²) >= 11 is 0. The molecule has 1 N–H and O–H groups in total. The number of para-hydroxylation sites is 1. The number of nitrogens with one attached hydrogen (secondary N) is 1. The number of pyridine rings is 1. The second-order valence-corrected chi connectivity index (χ2v) is 10.4. The standard InChI is InChI=1S/C28H30N6O4/c1-33-22-14-29-24(31-27(35)17-6-7-17)12-21(22)25(32-33)20-5-3-4-19(26(20)36-2)18-13-30-34(15-18)23-8-9-28(23)16-37-10-11-38-28/h3-5,12-15,17,23H,6-11,16H2,1-2H3,(H,29,31,35)/t23-,28+/m0/s1. The Bertz CT molecular complexity index is 1530. The molecule has 196 valence electrons. The zero-order valence-corrected chi connectivity index (χ0v) is 21.5. The highest BCUT2D eigenvalue weighted by Crippen LogP contribution is 2.47. The first kappa shape index (κ1) is 23.4. The molecule has 38 heavy (non-hydrogen) atoms. The van der Waals surface area contributed by atoms with Crippen molar-refractivity contribution in [2.75, 3.05) is 32.2 Å². The first-order valence-corrected chi connectivity index (χ1v) is 13.1. The summed E-state index contributed by atoms with van der Waals surface area (Å²) in [6, 6.07) is 8.09. The topological polar surface area (TPSA) is 105 Å². The van der Waals surface area contributed by atoms with Crippen LogP contribution in [0.2, 0.25) is 0 Å². The zero-order chi connectivity index (χ0) is 25.9. The van der Waals surface area contributed by atoms with Gasteiger partial charge in [-0.15, -0.1) is 0 Å². The van der Waals surface area contributed by atoms with Gasteiger partial charge >= 0.3 is 0 Å². The molecule has 2 aliphatic carbocycles. The van der Waals surface area contributed by atoms with E-state index in [1.54, 1.807) is 18.0 Å². The van der Waals surface area contributed by atoms with Crippen LogP contribution >= 0.6 is 0 Å². The van der Waals surface area contributed by atoms with Crippen LogP contribution < -0.4 is 10.1 Å². The largest absolute Gasteiger partial charge is 0.495 e. The third kappa shape index (κ3) is 3.78. The summed E-state index contributed by atoms with van der Waals surface area (Å²) in [4.78, 5) is 16.8. The molecule has 0 bridgehead atoms. The lowest BCUT2D eigenvalue weighted by Crippen LogP contribution is -2.56. The summed E-state index contributed by atoms with van der Waals surface area (Å²) in [5, 5.41) is 13.4. The van der Waals surface area contributed by atoms with Crippen molar-refractivity contribution in [2.24, 2.45) is 13.0 Å². The summed E-state index contributed by atoms with van der Waals surface area (Å²) in [6.07, 6.45) is 9.57. The number of hydrogen-bond acceptors (Lipinski definition) is 7. The second-order valence-electron chi connectivity index (χ2n) is 10.4. The Morgan fingerprint density at radius 1 is 1.18 bits per heavy atom. The Hall–Kier alpha value is -3.76. The molecule has 1 amide bonds. The number of fused-ring (bicyclic) bond motifs is 1. The fourth-order valence-corrected chi connectivity index (χ4v) is 5.71. The average molecular weight is 515 g/mol. The summed E-state index contributed by atoms with van der Waals surface area (Å²) < 4.78 is 21.7. The average Bonchev–Trinajstić information content (AvgIpc) is 3.61.